The van der Waals surface area contributed by atoms with Crippen molar-refractivity contribution in [2.24, 2.45) is 0 Å². The first-order chi connectivity index (χ1) is 9.06. The van der Waals surface area contributed by atoms with Crippen LogP contribution < -0.4 is 0 Å². The predicted molar refractivity (Wildman–Crippen MR) is 78.0 cm³/mol. The van der Waals surface area contributed by atoms with E-state index in [1.165, 1.54) is 17.8 Å². The van der Waals surface area contributed by atoms with Gasteiger partial charge in [0, 0.05) is 15.7 Å². The standard InChI is InChI=1S/C15H14ClFOS/c1-10(18)12-4-7-15(14(17)8-12)19-9-11-2-5-13(16)6-3-11/h2-8,10,18H,9H2,1H3/t10-/m0/s1. The number of rotatable bonds is 4. The highest BCUT2D eigenvalue weighted by atomic mass is 35.5. The Hall–Kier alpha value is -1.03. The fourth-order valence-corrected chi connectivity index (χ4v) is 2.64. The zero-order chi connectivity index (χ0) is 13.8. The van der Waals surface area contributed by atoms with Gasteiger partial charge in [-0.2, -0.15) is 0 Å². The third kappa shape index (κ3) is 3.96. The molecular weight excluding hydrogens is 283 g/mol. The molecular formula is C15H14ClFOS. The zero-order valence-corrected chi connectivity index (χ0v) is 12.0. The second kappa shape index (κ2) is 6.42. The van der Waals surface area contributed by atoms with Gasteiger partial charge in [0.05, 0.1) is 6.10 Å². The predicted octanol–water partition coefficient (Wildman–Crippen LogP) is 4.82. The maximum atomic E-state index is 13.8. The lowest BCUT2D eigenvalue weighted by Crippen LogP contribution is -1.93. The summed E-state index contributed by atoms with van der Waals surface area (Å²) >= 11 is 7.24. The molecule has 19 heavy (non-hydrogen) atoms. The van der Waals surface area contributed by atoms with Crippen LogP contribution in [0.1, 0.15) is 24.2 Å². The van der Waals surface area contributed by atoms with Crippen LogP contribution in [0.25, 0.3) is 0 Å². The summed E-state index contributed by atoms with van der Waals surface area (Å²) < 4.78 is 13.8. The van der Waals surface area contributed by atoms with Crippen molar-refractivity contribution in [3.05, 3.63) is 64.4 Å². The van der Waals surface area contributed by atoms with Gasteiger partial charge in [-0.15, -0.1) is 11.8 Å². The monoisotopic (exact) mass is 296 g/mol. The minimum absolute atomic E-state index is 0.294. The molecule has 0 fully saturated rings. The maximum absolute atomic E-state index is 13.8. The molecule has 4 heteroatoms. The van der Waals surface area contributed by atoms with Crippen LogP contribution >= 0.6 is 23.4 Å². The van der Waals surface area contributed by atoms with E-state index in [1.807, 2.05) is 24.3 Å². The second-order valence-corrected chi connectivity index (χ2v) is 5.73. The third-order valence-corrected chi connectivity index (χ3v) is 4.12. The van der Waals surface area contributed by atoms with Crippen molar-refractivity contribution in [2.45, 2.75) is 23.7 Å². The topological polar surface area (TPSA) is 20.2 Å². The number of hydrogen-bond acceptors (Lipinski definition) is 2. The molecule has 2 aromatic rings. The number of benzene rings is 2. The van der Waals surface area contributed by atoms with E-state index in [-0.39, 0.29) is 5.82 Å². The second-order valence-electron chi connectivity index (χ2n) is 4.28. The third-order valence-electron chi connectivity index (χ3n) is 2.75. The van der Waals surface area contributed by atoms with Gasteiger partial charge in [0.25, 0.3) is 0 Å². The molecule has 1 atom stereocenters. The first-order valence-corrected chi connectivity index (χ1v) is 7.27. The van der Waals surface area contributed by atoms with Crippen LogP contribution in [0.4, 0.5) is 4.39 Å². The van der Waals surface area contributed by atoms with Crippen LogP contribution in [0.5, 0.6) is 0 Å². The van der Waals surface area contributed by atoms with E-state index in [2.05, 4.69) is 0 Å². The highest BCUT2D eigenvalue weighted by Gasteiger charge is 2.07. The lowest BCUT2D eigenvalue weighted by Gasteiger charge is -2.08. The van der Waals surface area contributed by atoms with E-state index in [4.69, 9.17) is 11.6 Å². The molecule has 0 bridgehead atoms. The van der Waals surface area contributed by atoms with Gasteiger partial charge in [-0.3, -0.25) is 0 Å². The van der Waals surface area contributed by atoms with Crippen molar-refractivity contribution in [2.75, 3.05) is 0 Å². The summed E-state index contributed by atoms with van der Waals surface area (Å²) in [5, 5.41) is 10.1. The summed E-state index contributed by atoms with van der Waals surface area (Å²) in [5.74, 6) is 0.389. The van der Waals surface area contributed by atoms with Crippen molar-refractivity contribution in [1.29, 1.82) is 0 Å². The highest BCUT2D eigenvalue weighted by Crippen LogP contribution is 2.28. The molecule has 0 aromatic heterocycles. The first-order valence-electron chi connectivity index (χ1n) is 5.91. The normalized spacial score (nSPS) is 12.4. The lowest BCUT2D eigenvalue weighted by atomic mass is 10.1. The van der Waals surface area contributed by atoms with Crippen LogP contribution in [0, 0.1) is 5.82 Å². The molecule has 0 saturated heterocycles. The average molecular weight is 297 g/mol. The molecule has 2 aromatic carbocycles. The summed E-state index contributed by atoms with van der Waals surface area (Å²) in [4.78, 5) is 0.583. The van der Waals surface area contributed by atoms with Gasteiger partial charge >= 0.3 is 0 Å². The lowest BCUT2D eigenvalue weighted by molar-refractivity contribution is 0.198. The Morgan fingerprint density at radius 2 is 1.89 bits per heavy atom. The van der Waals surface area contributed by atoms with Gasteiger partial charge in [-0.05, 0) is 42.3 Å². The van der Waals surface area contributed by atoms with E-state index in [0.717, 1.165) is 5.56 Å². The molecule has 0 saturated carbocycles. The molecule has 0 heterocycles. The summed E-state index contributed by atoms with van der Waals surface area (Å²) in [7, 11) is 0. The van der Waals surface area contributed by atoms with E-state index in [9.17, 15) is 9.50 Å². The molecule has 0 aliphatic heterocycles. The van der Waals surface area contributed by atoms with Gasteiger partial charge in [-0.25, -0.2) is 4.39 Å². The van der Waals surface area contributed by atoms with Crippen LogP contribution in [0.3, 0.4) is 0 Å². The minimum Gasteiger partial charge on any atom is -0.389 e. The summed E-state index contributed by atoms with van der Waals surface area (Å²) in [6.07, 6.45) is -0.648. The Bertz CT molecular complexity index is 555. The van der Waals surface area contributed by atoms with E-state index in [0.29, 0.717) is 21.2 Å². The molecule has 100 valence electrons. The molecule has 0 aliphatic rings. The van der Waals surface area contributed by atoms with Crippen molar-refractivity contribution in [3.8, 4) is 0 Å². The van der Waals surface area contributed by atoms with Gasteiger partial charge in [0.2, 0.25) is 0 Å². The number of halogens is 2. The molecule has 0 spiro atoms. The highest BCUT2D eigenvalue weighted by molar-refractivity contribution is 7.98. The Morgan fingerprint density at radius 3 is 2.47 bits per heavy atom. The van der Waals surface area contributed by atoms with Gasteiger partial charge in [-0.1, -0.05) is 29.8 Å². The first kappa shape index (κ1) is 14.4. The van der Waals surface area contributed by atoms with Crippen LogP contribution in [-0.4, -0.2) is 5.11 Å². The van der Waals surface area contributed by atoms with E-state index < -0.39 is 6.10 Å². The maximum Gasteiger partial charge on any atom is 0.137 e. The smallest absolute Gasteiger partial charge is 0.137 e. The van der Waals surface area contributed by atoms with Gasteiger partial charge in [0.1, 0.15) is 5.82 Å². The van der Waals surface area contributed by atoms with Crippen LogP contribution in [-0.2, 0) is 5.75 Å². The molecule has 0 radical (unpaired) electrons. The summed E-state index contributed by atoms with van der Waals surface area (Å²) in [6.45, 7) is 1.62. The van der Waals surface area contributed by atoms with E-state index >= 15 is 0 Å². The van der Waals surface area contributed by atoms with E-state index in [1.54, 1.807) is 19.1 Å². The number of aliphatic hydroxyl groups is 1. The van der Waals surface area contributed by atoms with Gasteiger partial charge < -0.3 is 5.11 Å². The summed E-state index contributed by atoms with van der Waals surface area (Å²) in [6, 6.07) is 12.3. The van der Waals surface area contributed by atoms with Crippen molar-refractivity contribution in [1.82, 2.24) is 0 Å². The molecule has 0 amide bonds. The molecule has 0 aliphatic carbocycles. The number of thioether (sulfide) groups is 1. The van der Waals surface area contributed by atoms with Crippen molar-refractivity contribution in [3.63, 3.8) is 0 Å². The minimum atomic E-state index is -0.648. The molecule has 1 N–H and O–H groups in total. The number of aliphatic hydroxyl groups excluding tert-OH is 1. The van der Waals surface area contributed by atoms with Gasteiger partial charge in [0.15, 0.2) is 0 Å². The SMILES string of the molecule is C[C@H](O)c1ccc(SCc2ccc(Cl)cc2)c(F)c1. The van der Waals surface area contributed by atoms with Crippen LogP contribution in [0.15, 0.2) is 47.4 Å². The van der Waals surface area contributed by atoms with Crippen molar-refractivity contribution >= 4 is 23.4 Å². The fraction of sp³-hybridized carbons (Fsp3) is 0.200. The Labute approximate surface area is 121 Å². The van der Waals surface area contributed by atoms with Crippen molar-refractivity contribution < 1.29 is 9.50 Å². The Kier molecular flexibility index (Phi) is 4.86. The number of hydrogen-bond donors (Lipinski definition) is 1. The quantitative estimate of drug-likeness (QED) is 0.816. The summed E-state index contributed by atoms with van der Waals surface area (Å²) in [5.41, 5.74) is 1.68. The molecule has 2 rings (SSSR count). The fourth-order valence-electron chi connectivity index (χ4n) is 1.64. The Morgan fingerprint density at radius 1 is 1.21 bits per heavy atom. The van der Waals surface area contributed by atoms with Crippen LogP contribution in [0.2, 0.25) is 5.02 Å². The average Bonchev–Trinajstić information content (AvgIpc) is 2.39. The molecule has 0 unspecified atom stereocenters. The Balaban J connectivity index is 2.05. The zero-order valence-electron chi connectivity index (χ0n) is 10.4. The largest absolute Gasteiger partial charge is 0.389 e. The molecule has 1 nitrogen and oxygen atoms in total.